The van der Waals surface area contributed by atoms with Gasteiger partial charge in [-0.05, 0) is 38.8 Å². The molecule has 4 aromatic heterocycles. The quantitative estimate of drug-likeness (QED) is 0.358. The number of nitrogens with zero attached hydrogens (tertiary/aromatic N) is 8. The summed E-state index contributed by atoms with van der Waals surface area (Å²) in [5, 5.41) is 14.8. The van der Waals surface area contributed by atoms with Crippen LogP contribution >= 0.6 is 0 Å². The van der Waals surface area contributed by atoms with Gasteiger partial charge in [-0.2, -0.15) is 27.1 Å². The standard InChI is InChI=1S/C22H21F5N10O/c1-10(2)36-8-13(34-35-36)20(3)14-15(28)31-16(32-17(14)33-19(20)38)12-6-11(18-29-9-30-37(18)7-12)4-5-21(23,24)22(25,26)27/h6-10H,4-5H2,1-3H3,(H3,28,31,32,33,38). The lowest BCUT2D eigenvalue weighted by molar-refractivity contribution is -0.284. The van der Waals surface area contributed by atoms with Crippen molar-refractivity contribution in [1.82, 2.24) is 39.6 Å². The number of rotatable bonds is 6. The topological polar surface area (TPSA) is 142 Å². The maximum atomic E-state index is 13.6. The zero-order chi connectivity index (χ0) is 27.6. The van der Waals surface area contributed by atoms with Gasteiger partial charge in [0.25, 0.3) is 0 Å². The molecule has 0 aromatic carbocycles. The second kappa shape index (κ2) is 8.39. The summed E-state index contributed by atoms with van der Waals surface area (Å²) in [6.07, 6.45) is -3.62. The average Bonchev–Trinajstić information content (AvgIpc) is 3.55. The fourth-order valence-electron chi connectivity index (χ4n) is 4.27. The third kappa shape index (κ3) is 3.90. The number of amides is 1. The summed E-state index contributed by atoms with van der Waals surface area (Å²) in [6, 6.07) is 1.35. The molecule has 0 aliphatic carbocycles. The number of anilines is 2. The Labute approximate surface area is 211 Å². The van der Waals surface area contributed by atoms with Gasteiger partial charge in [0.05, 0.1) is 11.8 Å². The molecule has 5 rings (SSSR count). The van der Waals surface area contributed by atoms with Gasteiger partial charge in [0.15, 0.2) is 11.5 Å². The smallest absolute Gasteiger partial charge is 0.383 e. The van der Waals surface area contributed by atoms with Crippen molar-refractivity contribution >= 4 is 23.2 Å². The van der Waals surface area contributed by atoms with Crippen LogP contribution in [0.3, 0.4) is 0 Å². The molecule has 4 aromatic rings. The summed E-state index contributed by atoms with van der Waals surface area (Å²) >= 11 is 0. The monoisotopic (exact) mass is 536 g/mol. The zero-order valence-electron chi connectivity index (χ0n) is 20.3. The van der Waals surface area contributed by atoms with Gasteiger partial charge in [-0.1, -0.05) is 5.21 Å². The Morgan fingerprint density at radius 2 is 1.89 bits per heavy atom. The van der Waals surface area contributed by atoms with E-state index in [4.69, 9.17) is 5.73 Å². The van der Waals surface area contributed by atoms with Crippen molar-refractivity contribution in [2.45, 2.75) is 57.2 Å². The highest BCUT2D eigenvalue weighted by atomic mass is 19.4. The number of pyridine rings is 1. The van der Waals surface area contributed by atoms with E-state index in [-0.39, 0.29) is 45.8 Å². The van der Waals surface area contributed by atoms with E-state index in [2.05, 4.69) is 35.7 Å². The van der Waals surface area contributed by atoms with Crippen LogP contribution in [0.4, 0.5) is 33.6 Å². The van der Waals surface area contributed by atoms with Crippen LogP contribution in [0.5, 0.6) is 0 Å². The second-order valence-electron chi connectivity index (χ2n) is 9.40. The molecule has 11 nitrogen and oxygen atoms in total. The van der Waals surface area contributed by atoms with Crippen LogP contribution in [0, 0.1) is 0 Å². The third-order valence-electron chi connectivity index (χ3n) is 6.51. The molecule has 0 fully saturated rings. The first kappa shape index (κ1) is 25.4. The molecule has 0 saturated carbocycles. The molecule has 1 aliphatic heterocycles. The molecule has 0 radical (unpaired) electrons. The van der Waals surface area contributed by atoms with E-state index in [1.165, 1.54) is 16.8 Å². The van der Waals surface area contributed by atoms with Crippen LogP contribution in [0.2, 0.25) is 0 Å². The summed E-state index contributed by atoms with van der Waals surface area (Å²) in [4.78, 5) is 25.8. The number of nitrogens with one attached hydrogen (secondary N) is 1. The summed E-state index contributed by atoms with van der Waals surface area (Å²) in [6.45, 7) is 5.41. The Kier molecular flexibility index (Phi) is 5.61. The van der Waals surface area contributed by atoms with E-state index in [9.17, 15) is 26.7 Å². The molecule has 38 heavy (non-hydrogen) atoms. The predicted molar refractivity (Wildman–Crippen MR) is 123 cm³/mol. The van der Waals surface area contributed by atoms with Gasteiger partial charge < -0.3 is 11.1 Å². The number of aryl methyl sites for hydroxylation is 1. The average molecular weight is 536 g/mol. The minimum absolute atomic E-state index is 0.00198. The first-order valence-electron chi connectivity index (χ1n) is 11.4. The molecule has 0 bridgehead atoms. The SMILES string of the molecule is CC(C)n1cc(C2(C)C(=O)Nc3nc(-c4cc(CCC(F)(F)C(F)(F)F)c5ncnn5c4)nc(N)c32)nn1. The zero-order valence-corrected chi connectivity index (χ0v) is 20.3. The second-order valence-corrected chi connectivity index (χ2v) is 9.40. The minimum Gasteiger partial charge on any atom is -0.383 e. The van der Waals surface area contributed by atoms with E-state index in [0.29, 0.717) is 5.69 Å². The molecule has 1 amide bonds. The summed E-state index contributed by atoms with van der Waals surface area (Å²) in [5.74, 6) is -5.28. The van der Waals surface area contributed by atoms with E-state index >= 15 is 0 Å². The van der Waals surface area contributed by atoms with Gasteiger partial charge in [-0.25, -0.2) is 24.1 Å². The molecular weight excluding hydrogens is 515 g/mol. The van der Waals surface area contributed by atoms with E-state index in [0.717, 1.165) is 6.33 Å². The van der Waals surface area contributed by atoms with Gasteiger partial charge in [-0.15, -0.1) is 5.10 Å². The molecule has 200 valence electrons. The third-order valence-corrected chi connectivity index (χ3v) is 6.51. The Balaban J connectivity index is 1.56. The number of nitrogens with two attached hydrogens (primary N) is 1. The summed E-state index contributed by atoms with van der Waals surface area (Å²) in [7, 11) is 0. The number of hydrogen-bond acceptors (Lipinski definition) is 8. The van der Waals surface area contributed by atoms with Crippen molar-refractivity contribution < 1.29 is 26.7 Å². The highest BCUT2D eigenvalue weighted by molar-refractivity contribution is 6.08. The van der Waals surface area contributed by atoms with Crippen LogP contribution in [0.1, 0.15) is 50.1 Å². The normalized spacial score (nSPS) is 17.9. The number of fused-ring (bicyclic) bond motifs is 2. The lowest BCUT2D eigenvalue weighted by Gasteiger charge is -2.20. The van der Waals surface area contributed by atoms with Crippen LogP contribution in [-0.4, -0.2) is 57.6 Å². The van der Waals surface area contributed by atoms with Gasteiger partial charge in [0, 0.05) is 24.2 Å². The molecule has 16 heteroatoms. The van der Waals surface area contributed by atoms with E-state index in [1.807, 2.05) is 13.8 Å². The Hall–Kier alpha value is -4.24. The molecule has 1 atom stereocenters. The van der Waals surface area contributed by atoms with Crippen molar-refractivity contribution in [1.29, 1.82) is 0 Å². The van der Waals surface area contributed by atoms with E-state index < -0.39 is 36.3 Å². The first-order chi connectivity index (χ1) is 17.7. The van der Waals surface area contributed by atoms with Crippen molar-refractivity contribution in [3.63, 3.8) is 0 Å². The summed E-state index contributed by atoms with van der Waals surface area (Å²) < 4.78 is 68.1. The van der Waals surface area contributed by atoms with E-state index in [1.54, 1.807) is 17.8 Å². The number of alkyl halides is 5. The van der Waals surface area contributed by atoms with Crippen molar-refractivity contribution in [3.05, 3.63) is 41.6 Å². The molecule has 5 heterocycles. The predicted octanol–water partition coefficient (Wildman–Crippen LogP) is 3.33. The number of carbonyl (C=O) groups excluding carboxylic acids is 1. The number of nitrogen functional groups attached to an aromatic ring is 1. The highest BCUT2D eigenvalue weighted by Crippen LogP contribution is 2.44. The van der Waals surface area contributed by atoms with Gasteiger partial charge in [0.1, 0.15) is 29.1 Å². The van der Waals surface area contributed by atoms with Gasteiger partial charge >= 0.3 is 12.1 Å². The highest BCUT2D eigenvalue weighted by Gasteiger charge is 2.56. The van der Waals surface area contributed by atoms with Crippen LogP contribution in [0.25, 0.3) is 17.0 Å². The molecule has 1 unspecified atom stereocenters. The van der Waals surface area contributed by atoms with Crippen molar-refractivity contribution in [2.75, 3.05) is 11.1 Å². The minimum atomic E-state index is -5.68. The number of hydrogen-bond donors (Lipinski definition) is 2. The van der Waals surface area contributed by atoms with Crippen molar-refractivity contribution in [2.24, 2.45) is 0 Å². The molecular formula is C22H21F5N10O. The fraction of sp³-hybridized carbons (Fsp3) is 0.409. The summed E-state index contributed by atoms with van der Waals surface area (Å²) in [5.41, 5.74) is 5.97. The molecule has 3 N–H and O–H groups in total. The Morgan fingerprint density at radius 1 is 1.16 bits per heavy atom. The fourth-order valence-corrected chi connectivity index (χ4v) is 4.27. The maximum absolute atomic E-state index is 13.6. The van der Waals surface area contributed by atoms with Crippen LogP contribution < -0.4 is 11.1 Å². The van der Waals surface area contributed by atoms with Crippen LogP contribution in [0.15, 0.2) is 24.8 Å². The van der Waals surface area contributed by atoms with Crippen molar-refractivity contribution in [3.8, 4) is 11.4 Å². The van der Waals surface area contributed by atoms with Crippen LogP contribution in [-0.2, 0) is 16.6 Å². The maximum Gasteiger partial charge on any atom is 0.453 e. The van der Waals surface area contributed by atoms with Gasteiger partial charge in [-0.3, -0.25) is 4.79 Å². The largest absolute Gasteiger partial charge is 0.453 e. The Bertz CT molecular complexity index is 1560. The molecule has 0 spiro atoms. The number of aromatic nitrogens is 8. The molecule has 1 aliphatic rings. The number of carbonyl (C=O) groups is 1. The lowest BCUT2D eigenvalue weighted by atomic mass is 9.81. The molecule has 0 saturated heterocycles. The first-order valence-corrected chi connectivity index (χ1v) is 11.4. The number of halogens is 5. The van der Waals surface area contributed by atoms with Gasteiger partial charge in [0.2, 0.25) is 5.91 Å². The Morgan fingerprint density at radius 3 is 2.55 bits per heavy atom. The lowest BCUT2D eigenvalue weighted by Crippen LogP contribution is -2.36.